The van der Waals surface area contributed by atoms with Gasteiger partial charge in [-0.2, -0.15) is 0 Å². The Hall–Kier alpha value is -4.13. The predicted molar refractivity (Wildman–Crippen MR) is 162 cm³/mol. The van der Waals surface area contributed by atoms with Crippen molar-refractivity contribution in [3.8, 4) is 11.5 Å². The molecule has 43 heavy (non-hydrogen) atoms. The minimum atomic E-state index is -0.783. The molecule has 0 bridgehead atoms. The molecule has 1 aromatic heterocycles. The molecule has 0 spiro atoms. The molecule has 1 fully saturated rings. The summed E-state index contributed by atoms with van der Waals surface area (Å²) in [6, 6.07) is 16.9. The third-order valence-corrected chi connectivity index (χ3v) is 9.68. The van der Waals surface area contributed by atoms with Crippen LogP contribution in [0.1, 0.15) is 23.3 Å². The largest absolute Gasteiger partial charge is 0.490 e. The smallest absolute Gasteiger partial charge is 0.305 e. The number of H-pyrrole nitrogens is 1. The fourth-order valence-corrected chi connectivity index (χ4v) is 7.84. The molecule has 220 valence electrons. The van der Waals surface area contributed by atoms with E-state index in [9.17, 15) is 23.6 Å². The molecule has 3 amide bonds. The van der Waals surface area contributed by atoms with Gasteiger partial charge in [0.1, 0.15) is 11.1 Å². The Morgan fingerprint density at radius 1 is 1.00 bits per heavy atom. The first-order valence-corrected chi connectivity index (χ1v) is 15.3. The normalized spacial score (nSPS) is 19.1. The van der Waals surface area contributed by atoms with Gasteiger partial charge in [0.2, 0.25) is 11.8 Å². The third kappa shape index (κ3) is 5.65. The molecule has 0 saturated carbocycles. The summed E-state index contributed by atoms with van der Waals surface area (Å²) in [5.41, 5.74) is 1.49. The van der Waals surface area contributed by atoms with Crippen LogP contribution in [0, 0.1) is 11.7 Å². The zero-order valence-electron chi connectivity index (χ0n) is 22.5. The number of thiazole rings is 1. The number of rotatable bonds is 8. The van der Waals surface area contributed by atoms with Gasteiger partial charge in [0.05, 0.1) is 23.2 Å². The Morgan fingerprint density at radius 3 is 2.47 bits per heavy atom. The molecule has 9 nitrogen and oxygen atoms in total. The van der Waals surface area contributed by atoms with E-state index in [1.807, 2.05) is 0 Å². The van der Waals surface area contributed by atoms with Crippen LogP contribution in [0.2, 0.25) is 5.02 Å². The van der Waals surface area contributed by atoms with Crippen molar-refractivity contribution in [1.29, 1.82) is 0 Å². The van der Waals surface area contributed by atoms with E-state index in [0.717, 1.165) is 11.3 Å². The number of carbonyl (C=O) groups is 3. The fourth-order valence-electron chi connectivity index (χ4n) is 5.20. The first-order valence-electron chi connectivity index (χ1n) is 13.2. The number of nitrogens with zero attached hydrogens (tertiary/aromatic N) is 1. The lowest BCUT2D eigenvalue weighted by molar-refractivity contribution is -0.122. The number of amides is 3. The first kappa shape index (κ1) is 29.0. The molecule has 2 aliphatic heterocycles. The molecule has 2 aliphatic rings. The molecule has 3 heterocycles. The maximum atomic E-state index is 13.9. The van der Waals surface area contributed by atoms with Gasteiger partial charge in [-0.15, -0.1) is 0 Å². The summed E-state index contributed by atoms with van der Waals surface area (Å²) in [5.74, 6) is -2.40. The van der Waals surface area contributed by atoms with Crippen LogP contribution in [0.3, 0.4) is 0 Å². The van der Waals surface area contributed by atoms with Gasteiger partial charge < -0.3 is 19.8 Å². The number of imide groups is 1. The second-order valence-corrected chi connectivity index (χ2v) is 12.3. The Labute approximate surface area is 258 Å². The van der Waals surface area contributed by atoms with Crippen LogP contribution in [0.25, 0.3) is 0 Å². The van der Waals surface area contributed by atoms with Crippen LogP contribution >= 0.6 is 34.7 Å². The van der Waals surface area contributed by atoms with Crippen LogP contribution in [-0.4, -0.2) is 41.2 Å². The zero-order chi connectivity index (χ0) is 30.2. The Balaban J connectivity index is 1.31. The van der Waals surface area contributed by atoms with Crippen molar-refractivity contribution in [3.05, 3.63) is 97.7 Å². The summed E-state index contributed by atoms with van der Waals surface area (Å²) in [4.78, 5) is 56.8. The van der Waals surface area contributed by atoms with Crippen molar-refractivity contribution in [2.24, 2.45) is 5.92 Å². The molecule has 1 saturated heterocycles. The molecule has 0 unspecified atom stereocenters. The van der Waals surface area contributed by atoms with E-state index < -0.39 is 28.8 Å². The molecule has 2 N–H and O–H groups in total. The highest BCUT2D eigenvalue weighted by Crippen LogP contribution is 2.53. The number of anilines is 2. The van der Waals surface area contributed by atoms with Gasteiger partial charge in [-0.1, -0.05) is 40.8 Å². The number of thioether (sulfide) groups is 1. The average molecular weight is 640 g/mol. The van der Waals surface area contributed by atoms with Gasteiger partial charge in [-0.05, 0) is 73.2 Å². The number of halogens is 2. The lowest BCUT2D eigenvalue weighted by Gasteiger charge is -2.30. The number of nitrogens with one attached hydrogen (secondary N) is 2. The summed E-state index contributed by atoms with van der Waals surface area (Å²) < 4.78 is 24.8. The molecule has 4 aromatic rings. The van der Waals surface area contributed by atoms with Crippen molar-refractivity contribution in [1.82, 2.24) is 4.98 Å². The Kier molecular flexibility index (Phi) is 7.99. The quantitative estimate of drug-likeness (QED) is 0.247. The van der Waals surface area contributed by atoms with Crippen molar-refractivity contribution >= 4 is 63.8 Å². The number of aromatic amines is 1. The van der Waals surface area contributed by atoms with Crippen LogP contribution in [0.15, 0.2) is 76.6 Å². The summed E-state index contributed by atoms with van der Waals surface area (Å²) in [6.07, 6.45) is 0. The molecule has 3 aromatic carbocycles. The zero-order valence-corrected chi connectivity index (χ0v) is 24.9. The van der Waals surface area contributed by atoms with E-state index in [0.29, 0.717) is 50.0 Å². The first-order chi connectivity index (χ1) is 20.7. The lowest BCUT2D eigenvalue weighted by Crippen LogP contribution is -2.32. The van der Waals surface area contributed by atoms with Crippen LogP contribution in [0.5, 0.6) is 11.5 Å². The minimum absolute atomic E-state index is 0.283. The van der Waals surface area contributed by atoms with Crippen molar-refractivity contribution in [3.63, 3.8) is 0 Å². The molecule has 0 radical (unpaired) electrons. The molecule has 6 rings (SSSR count). The second kappa shape index (κ2) is 11.9. The van der Waals surface area contributed by atoms with E-state index >= 15 is 0 Å². The molecular formula is C30H23ClFN3O6S2. The van der Waals surface area contributed by atoms with Gasteiger partial charge in [-0.25, -0.2) is 9.29 Å². The number of ether oxygens (including phenoxy) is 2. The van der Waals surface area contributed by atoms with E-state index in [4.69, 9.17) is 21.1 Å². The van der Waals surface area contributed by atoms with E-state index in [-0.39, 0.29) is 23.3 Å². The third-order valence-electron chi connectivity index (χ3n) is 7.02. The lowest BCUT2D eigenvalue weighted by atomic mass is 9.83. The number of hydrogen-bond acceptors (Lipinski definition) is 8. The predicted octanol–water partition coefficient (Wildman–Crippen LogP) is 5.44. The van der Waals surface area contributed by atoms with Crippen LogP contribution in [0.4, 0.5) is 15.8 Å². The fraction of sp³-hybridized carbons (Fsp3) is 0.200. The van der Waals surface area contributed by atoms with Crippen molar-refractivity contribution in [2.45, 2.75) is 23.1 Å². The number of hydrogen-bond donors (Lipinski definition) is 2. The van der Waals surface area contributed by atoms with Crippen LogP contribution < -0.4 is 24.6 Å². The number of carbonyl (C=O) groups excluding carboxylic acids is 3. The van der Waals surface area contributed by atoms with Gasteiger partial charge in [-0.3, -0.25) is 19.2 Å². The highest BCUT2D eigenvalue weighted by Gasteiger charge is 2.56. The van der Waals surface area contributed by atoms with E-state index in [1.54, 1.807) is 49.4 Å². The molecular weight excluding hydrogens is 617 g/mol. The van der Waals surface area contributed by atoms with Crippen molar-refractivity contribution in [2.75, 3.05) is 23.4 Å². The summed E-state index contributed by atoms with van der Waals surface area (Å²) in [7, 11) is 0. The highest BCUT2D eigenvalue weighted by molar-refractivity contribution is 8.00. The SMILES string of the molecule is CCOc1cc([C@@H]2c3sc(=O)[nH]c3S[C@H]3C(=O)N(c4ccc(Cl)cc4)C(=O)[C@@H]23)ccc1OCC(=O)Nc1ccc(F)cc1. The minimum Gasteiger partial charge on any atom is -0.490 e. The summed E-state index contributed by atoms with van der Waals surface area (Å²) >= 11 is 8.22. The topological polar surface area (TPSA) is 118 Å². The van der Waals surface area contributed by atoms with Crippen LogP contribution in [-0.2, 0) is 14.4 Å². The van der Waals surface area contributed by atoms with Gasteiger partial charge in [0, 0.05) is 21.5 Å². The standard InChI is InChI=1S/C30H23ClFN3O6S2/c1-2-40-21-13-15(3-12-20(21)41-14-22(36)33-18-8-6-17(32)7-9-18)23-24-26(42-27-25(23)43-30(39)34-27)29(38)35(28(24)37)19-10-4-16(31)5-11-19/h3-13,23-24,26H,2,14H2,1H3,(H,33,36)(H,34,39)/t23-,24-,26+/m0/s1. The van der Waals surface area contributed by atoms with Gasteiger partial charge >= 0.3 is 4.87 Å². The Bertz CT molecular complexity index is 1780. The summed E-state index contributed by atoms with van der Waals surface area (Å²) in [6.45, 7) is 1.75. The maximum absolute atomic E-state index is 13.9. The number of benzene rings is 3. The second-order valence-electron chi connectivity index (χ2n) is 9.72. The summed E-state index contributed by atoms with van der Waals surface area (Å²) in [5, 5.41) is 2.91. The monoisotopic (exact) mass is 639 g/mol. The van der Waals surface area contributed by atoms with Gasteiger partial charge in [0.25, 0.3) is 5.91 Å². The molecule has 13 heteroatoms. The number of fused-ring (bicyclic) bond motifs is 2. The van der Waals surface area contributed by atoms with Gasteiger partial charge in [0.15, 0.2) is 18.1 Å². The number of aromatic nitrogens is 1. The van der Waals surface area contributed by atoms with E-state index in [2.05, 4.69) is 10.3 Å². The maximum Gasteiger partial charge on any atom is 0.305 e. The molecule has 3 atom stereocenters. The van der Waals surface area contributed by atoms with E-state index in [1.165, 1.54) is 40.9 Å². The highest BCUT2D eigenvalue weighted by atomic mass is 35.5. The van der Waals surface area contributed by atoms with Crippen molar-refractivity contribution < 1.29 is 28.2 Å². The average Bonchev–Trinajstić information content (AvgIpc) is 3.48. The molecule has 0 aliphatic carbocycles. The Morgan fingerprint density at radius 2 is 1.74 bits per heavy atom.